The Morgan fingerprint density at radius 3 is 2.60 bits per heavy atom. The fourth-order valence-electron chi connectivity index (χ4n) is 1.53. The van der Waals surface area contributed by atoms with Gasteiger partial charge in [0.1, 0.15) is 0 Å². The maximum atomic E-state index is 11.8. The Labute approximate surface area is 124 Å². The molecule has 0 saturated heterocycles. The van der Waals surface area contributed by atoms with Crippen LogP contribution in [-0.2, 0) is 10.0 Å². The number of nitrogens with one attached hydrogen (secondary N) is 2. The molecule has 0 aliphatic rings. The van der Waals surface area contributed by atoms with E-state index in [-0.39, 0.29) is 24.7 Å². The Morgan fingerprint density at radius 2 is 1.95 bits per heavy atom. The summed E-state index contributed by atoms with van der Waals surface area (Å²) >= 11 is 5.89. The molecule has 0 aliphatic carbocycles. The van der Waals surface area contributed by atoms with Crippen LogP contribution in [0, 0.1) is 0 Å². The number of hydrogen-bond acceptors (Lipinski definition) is 3. The van der Waals surface area contributed by atoms with Crippen LogP contribution in [0.3, 0.4) is 0 Å². The number of hydrogen-bond donors (Lipinski definition) is 2. The number of benzene rings is 1. The highest BCUT2D eigenvalue weighted by Crippen LogP contribution is 2.14. The molecule has 2 N–H and O–H groups in total. The average Bonchev–Trinajstić information content (AvgIpc) is 2.42. The van der Waals surface area contributed by atoms with Crippen LogP contribution in [0.5, 0.6) is 0 Å². The van der Waals surface area contributed by atoms with Crippen LogP contribution < -0.4 is 10.0 Å². The lowest BCUT2D eigenvalue weighted by Gasteiger charge is -2.08. The van der Waals surface area contributed by atoms with E-state index in [9.17, 15) is 13.2 Å². The zero-order valence-electron chi connectivity index (χ0n) is 11.4. The molecular weight excluding hydrogens is 300 g/mol. The van der Waals surface area contributed by atoms with Crippen LogP contribution >= 0.6 is 11.6 Å². The molecular formula is C13H19ClN2O3S. The zero-order chi connectivity index (χ0) is 15.0. The molecule has 0 atom stereocenters. The second-order valence-electron chi connectivity index (χ2n) is 4.30. The highest BCUT2D eigenvalue weighted by Gasteiger charge is 2.10. The van der Waals surface area contributed by atoms with Crippen molar-refractivity contribution in [2.45, 2.75) is 19.8 Å². The molecule has 0 heterocycles. The van der Waals surface area contributed by atoms with Gasteiger partial charge in [0.2, 0.25) is 10.0 Å². The molecule has 20 heavy (non-hydrogen) atoms. The summed E-state index contributed by atoms with van der Waals surface area (Å²) in [5.74, 6) is -0.203. The maximum absolute atomic E-state index is 11.8. The highest BCUT2D eigenvalue weighted by molar-refractivity contribution is 7.89. The van der Waals surface area contributed by atoms with Gasteiger partial charge in [-0.2, -0.15) is 0 Å². The largest absolute Gasteiger partial charge is 0.351 e. The summed E-state index contributed by atoms with van der Waals surface area (Å²) in [7, 11) is -3.24. The standard InChI is InChI=1S/C13H19ClN2O3S/c1-2-3-10-20(18,19)16-9-8-15-13(17)11-6-4-5-7-12(11)14/h4-7,16H,2-3,8-10H2,1H3,(H,15,17). The minimum Gasteiger partial charge on any atom is -0.351 e. The normalized spacial score (nSPS) is 11.3. The lowest BCUT2D eigenvalue weighted by atomic mass is 10.2. The third-order valence-electron chi connectivity index (χ3n) is 2.62. The molecule has 7 heteroatoms. The third kappa shape index (κ3) is 5.90. The zero-order valence-corrected chi connectivity index (χ0v) is 12.9. The van der Waals surface area contributed by atoms with E-state index < -0.39 is 10.0 Å². The van der Waals surface area contributed by atoms with E-state index in [1.165, 1.54) is 0 Å². The second kappa shape index (κ2) is 8.24. The minimum atomic E-state index is -3.24. The number of halogens is 1. The van der Waals surface area contributed by atoms with E-state index in [0.29, 0.717) is 17.0 Å². The van der Waals surface area contributed by atoms with E-state index in [0.717, 1.165) is 6.42 Å². The molecule has 0 radical (unpaired) electrons. The Hall–Kier alpha value is -1.11. The van der Waals surface area contributed by atoms with Crippen molar-refractivity contribution in [1.82, 2.24) is 10.0 Å². The first-order valence-electron chi connectivity index (χ1n) is 6.46. The van der Waals surface area contributed by atoms with Crippen molar-refractivity contribution in [3.63, 3.8) is 0 Å². The van der Waals surface area contributed by atoms with Crippen molar-refractivity contribution in [3.8, 4) is 0 Å². The first kappa shape index (κ1) is 16.9. The van der Waals surface area contributed by atoms with Gasteiger partial charge in [-0.1, -0.05) is 37.1 Å². The van der Waals surface area contributed by atoms with Gasteiger partial charge in [-0.15, -0.1) is 0 Å². The van der Waals surface area contributed by atoms with Crippen molar-refractivity contribution < 1.29 is 13.2 Å². The summed E-state index contributed by atoms with van der Waals surface area (Å²) in [5.41, 5.74) is 0.378. The molecule has 5 nitrogen and oxygen atoms in total. The summed E-state index contributed by atoms with van der Waals surface area (Å²) < 4.78 is 25.5. The van der Waals surface area contributed by atoms with Crippen molar-refractivity contribution in [2.75, 3.05) is 18.8 Å². The number of unbranched alkanes of at least 4 members (excludes halogenated alkanes) is 1. The van der Waals surface area contributed by atoms with Gasteiger partial charge in [-0.25, -0.2) is 13.1 Å². The van der Waals surface area contributed by atoms with Gasteiger partial charge >= 0.3 is 0 Å². The van der Waals surface area contributed by atoms with Crippen molar-refractivity contribution in [2.24, 2.45) is 0 Å². The lowest BCUT2D eigenvalue weighted by molar-refractivity contribution is 0.0954. The number of carbonyl (C=O) groups excluding carboxylic acids is 1. The topological polar surface area (TPSA) is 75.3 Å². The van der Waals surface area contributed by atoms with Gasteiger partial charge in [-0.3, -0.25) is 4.79 Å². The Kier molecular flexibility index (Phi) is 6.98. The Morgan fingerprint density at radius 1 is 1.25 bits per heavy atom. The molecule has 0 bridgehead atoms. The van der Waals surface area contributed by atoms with Gasteiger partial charge in [0, 0.05) is 13.1 Å². The van der Waals surface area contributed by atoms with Crippen LogP contribution in [-0.4, -0.2) is 33.2 Å². The number of carbonyl (C=O) groups is 1. The van der Waals surface area contributed by atoms with E-state index in [1.54, 1.807) is 24.3 Å². The molecule has 112 valence electrons. The molecule has 1 amide bonds. The van der Waals surface area contributed by atoms with Crippen LogP contribution in [0.25, 0.3) is 0 Å². The van der Waals surface area contributed by atoms with Gasteiger partial charge in [-0.05, 0) is 18.6 Å². The number of rotatable bonds is 8. The van der Waals surface area contributed by atoms with Crippen LogP contribution in [0.15, 0.2) is 24.3 Å². The lowest BCUT2D eigenvalue weighted by Crippen LogP contribution is -2.35. The molecule has 0 spiro atoms. The summed E-state index contributed by atoms with van der Waals surface area (Å²) in [4.78, 5) is 11.8. The Bertz CT molecular complexity index is 546. The van der Waals surface area contributed by atoms with Crippen LogP contribution in [0.2, 0.25) is 5.02 Å². The van der Waals surface area contributed by atoms with Crippen molar-refractivity contribution >= 4 is 27.5 Å². The first-order chi connectivity index (χ1) is 9.46. The molecule has 1 aromatic carbocycles. The van der Waals surface area contributed by atoms with Gasteiger partial charge in [0.15, 0.2) is 0 Å². The fraction of sp³-hybridized carbons (Fsp3) is 0.462. The first-order valence-corrected chi connectivity index (χ1v) is 8.49. The van der Waals surface area contributed by atoms with Crippen molar-refractivity contribution in [1.29, 1.82) is 0 Å². The highest BCUT2D eigenvalue weighted by atomic mass is 35.5. The van der Waals surface area contributed by atoms with E-state index >= 15 is 0 Å². The Balaban J connectivity index is 2.35. The van der Waals surface area contributed by atoms with Crippen LogP contribution in [0.1, 0.15) is 30.1 Å². The molecule has 0 saturated carbocycles. The molecule has 0 unspecified atom stereocenters. The maximum Gasteiger partial charge on any atom is 0.252 e. The smallest absolute Gasteiger partial charge is 0.252 e. The predicted molar refractivity (Wildman–Crippen MR) is 80.5 cm³/mol. The average molecular weight is 319 g/mol. The van der Waals surface area contributed by atoms with Crippen molar-refractivity contribution in [3.05, 3.63) is 34.9 Å². The van der Waals surface area contributed by atoms with Gasteiger partial charge in [0.25, 0.3) is 5.91 Å². The monoisotopic (exact) mass is 318 g/mol. The van der Waals surface area contributed by atoms with E-state index in [1.807, 2.05) is 6.92 Å². The summed E-state index contributed by atoms with van der Waals surface area (Å²) in [6.07, 6.45) is 1.45. The second-order valence-corrected chi connectivity index (χ2v) is 6.64. The van der Waals surface area contributed by atoms with E-state index in [2.05, 4.69) is 10.0 Å². The molecule has 0 fully saturated rings. The van der Waals surface area contributed by atoms with E-state index in [4.69, 9.17) is 11.6 Å². The summed E-state index contributed by atoms with van der Waals surface area (Å²) in [6, 6.07) is 6.70. The molecule has 1 rings (SSSR count). The number of sulfonamides is 1. The number of amides is 1. The van der Waals surface area contributed by atoms with Gasteiger partial charge < -0.3 is 5.32 Å². The molecule has 0 aliphatic heterocycles. The minimum absolute atomic E-state index is 0.113. The van der Waals surface area contributed by atoms with Crippen LogP contribution in [0.4, 0.5) is 0 Å². The molecule has 0 aromatic heterocycles. The third-order valence-corrected chi connectivity index (χ3v) is 4.42. The quantitative estimate of drug-likeness (QED) is 0.718. The predicted octanol–water partition coefficient (Wildman–Crippen LogP) is 1.79. The van der Waals surface area contributed by atoms with Gasteiger partial charge in [0.05, 0.1) is 16.3 Å². The SMILES string of the molecule is CCCCS(=O)(=O)NCCNC(=O)c1ccccc1Cl. The summed E-state index contributed by atoms with van der Waals surface area (Å²) in [5, 5.41) is 2.99. The summed E-state index contributed by atoms with van der Waals surface area (Å²) in [6.45, 7) is 2.32. The fourth-order valence-corrected chi connectivity index (χ4v) is 2.98. The molecule has 1 aromatic rings.